The highest BCUT2D eigenvalue weighted by atomic mass is 19.1. The fourth-order valence-corrected chi connectivity index (χ4v) is 3.53. The van der Waals surface area contributed by atoms with Crippen LogP contribution in [-0.2, 0) is 0 Å². The van der Waals surface area contributed by atoms with Gasteiger partial charge < -0.3 is 14.7 Å². The lowest BCUT2D eigenvalue weighted by atomic mass is 9.86. The summed E-state index contributed by atoms with van der Waals surface area (Å²) in [6.45, 7) is 5.10. The zero-order valence-corrected chi connectivity index (χ0v) is 15.8. The largest absolute Gasteiger partial charge is 0.457 e. The van der Waals surface area contributed by atoms with Crippen LogP contribution in [0.15, 0.2) is 48.5 Å². The van der Waals surface area contributed by atoms with Gasteiger partial charge in [0.05, 0.1) is 5.60 Å². The van der Waals surface area contributed by atoms with E-state index in [1.54, 1.807) is 36.4 Å². The van der Waals surface area contributed by atoms with Gasteiger partial charge in [0, 0.05) is 18.7 Å². The van der Waals surface area contributed by atoms with E-state index in [0.29, 0.717) is 36.1 Å². The summed E-state index contributed by atoms with van der Waals surface area (Å²) in [7, 11) is 0. The zero-order valence-electron chi connectivity index (χ0n) is 15.8. The Kier molecular flexibility index (Phi) is 5.80. The second kappa shape index (κ2) is 8.09. The number of halogens is 1. The smallest absolute Gasteiger partial charge is 0.253 e. The van der Waals surface area contributed by atoms with Crippen molar-refractivity contribution in [2.75, 3.05) is 13.1 Å². The van der Waals surface area contributed by atoms with Gasteiger partial charge in [-0.25, -0.2) is 4.39 Å². The van der Waals surface area contributed by atoms with Gasteiger partial charge in [-0.2, -0.15) is 0 Å². The third kappa shape index (κ3) is 5.54. The Bertz CT molecular complexity index is 758. The van der Waals surface area contributed by atoms with Gasteiger partial charge in [0.1, 0.15) is 17.3 Å². The van der Waals surface area contributed by atoms with Gasteiger partial charge in [-0.05, 0) is 87.6 Å². The first-order chi connectivity index (χ1) is 12.8. The average Bonchev–Trinajstić information content (AvgIpc) is 2.63. The lowest BCUT2D eigenvalue weighted by Gasteiger charge is -2.34. The highest BCUT2D eigenvalue weighted by Gasteiger charge is 2.27. The molecule has 0 spiro atoms. The fraction of sp³-hybridized carbons (Fsp3) is 0.409. The Hall–Kier alpha value is -2.40. The van der Waals surface area contributed by atoms with E-state index in [4.69, 9.17) is 4.74 Å². The molecule has 1 amide bonds. The van der Waals surface area contributed by atoms with Gasteiger partial charge in [-0.1, -0.05) is 0 Å². The van der Waals surface area contributed by atoms with Crippen LogP contribution in [0.25, 0.3) is 0 Å². The molecular formula is C22H26FNO3. The molecule has 1 heterocycles. The number of rotatable bonds is 5. The maximum atomic E-state index is 12.9. The van der Waals surface area contributed by atoms with Gasteiger partial charge in [-0.3, -0.25) is 4.79 Å². The maximum absolute atomic E-state index is 12.9. The fourth-order valence-electron chi connectivity index (χ4n) is 3.53. The number of hydrogen-bond acceptors (Lipinski definition) is 3. The van der Waals surface area contributed by atoms with Crippen molar-refractivity contribution in [1.82, 2.24) is 4.90 Å². The molecule has 5 heteroatoms. The Labute approximate surface area is 159 Å². The molecule has 4 nitrogen and oxygen atoms in total. The number of carbonyl (C=O) groups is 1. The van der Waals surface area contributed by atoms with E-state index in [2.05, 4.69) is 0 Å². The molecule has 0 saturated carbocycles. The monoisotopic (exact) mass is 371 g/mol. The van der Waals surface area contributed by atoms with Crippen molar-refractivity contribution in [2.45, 2.75) is 38.7 Å². The molecular weight excluding hydrogens is 345 g/mol. The summed E-state index contributed by atoms with van der Waals surface area (Å²) in [6, 6.07) is 12.8. The van der Waals surface area contributed by atoms with E-state index in [0.717, 1.165) is 19.3 Å². The highest BCUT2D eigenvalue weighted by Crippen LogP contribution is 2.27. The van der Waals surface area contributed by atoms with Crippen molar-refractivity contribution in [3.05, 3.63) is 59.9 Å². The number of piperidine rings is 1. The third-order valence-electron chi connectivity index (χ3n) is 4.84. The first-order valence-corrected chi connectivity index (χ1v) is 9.35. The quantitative estimate of drug-likeness (QED) is 0.834. The molecule has 0 aliphatic carbocycles. The normalized spacial score (nSPS) is 15.6. The molecule has 1 aliphatic heterocycles. The van der Waals surface area contributed by atoms with E-state index in [1.807, 2.05) is 18.7 Å². The van der Waals surface area contributed by atoms with Crippen molar-refractivity contribution in [3.63, 3.8) is 0 Å². The summed E-state index contributed by atoms with van der Waals surface area (Å²) in [5, 5.41) is 9.96. The number of aliphatic hydroxyl groups is 1. The van der Waals surface area contributed by atoms with Crippen LogP contribution in [0, 0.1) is 11.7 Å². The number of nitrogens with zero attached hydrogens (tertiary/aromatic N) is 1. The minimum absolute atomic E-state index is 0.0186. The van der Waals surface area contributed by atoms with E-state index in [9.17, 15) is 14.3 Å². The van der Waals surface area contributed by atoms with Crippen LogP contribution in [0.2, 0.25) is 0 Å². The number of benzene rings is 2. The molecule has 27 heavy (non-hydrogen) atoms. The molecule has 1 aliphatic rings. The van der Waals surface area contributed by atoms with Gasteiger partial charge in [-0.15, -0.1) is 0 Å². The van der Waals surface area contributed by atoms with Crippen LogP contribution in [0.3, 0.4) is 0 Å². The Morgan fingerprint density at radius 2 is 1.59 bits per heavy atom. The van der Waals surface area contributed by atoms with Crippen molar-refractivity contribution >= 4 is 5.91 Å². The molecule has 0 aromatic heterocycles. The molecule has 1 N–H and O–H groups in total. The summed E-state index contributed by atoms with van der Waals surface area (Å²) < 4.78 is 18.6. The predicted octanol–water partition coefficient (Wildman–Crippen LogP) is 4.63. The summed E-state index contributed by atoms with van der Waals surface area (Å²) >= 11 is 0. The summed E-state index contributed by atoms with van der Waals surface area (Å²) in [5.74, 6) is 1.31. The van der Waals surface area contributed by atoms with Gasteiger partial charge in [0.2, 0.25) is 0 Å². The summed E-state index contributed by atoms with van der Waals surface area (Å²) in [6.07, 6.45) is 2.60. The molecule has 0 unspecified atom stereocenters. The molecule has 0 atom stereocenters. The van der Waals surface area contributed by atoms with Crippen LogP contribution in [0.4, 0.5) is 4.39 Å². The standard InChI is InChI=1S/C22H26FNO3/c1-22(2,26)15-16-11-13-24(14-12-16)21(25)17-3-7-19(8-4-17)27-20-9-5-18(23)6-10-20/h3-10,16,26H,11-15H2,1-2H3. The van der Waals surface area contributed by atoms with E-state index in [1.165, 1.54) is 12.1 Å². The summed E-state index contributed by atoms with van der Waals surface area (Å²) in [5.41, 5.74) is -0.0283. The van der Waals surface area contributed by atoms with Gasteiger partial charge in [0.25, 0.3) is 5.91 Å². The highest BCUT2D eigenvalue weighted by molar-refractivity contribution is 5.94. The molecule has 3 rings (SSSR count). The number of likely N-dealkylation sites (tertiary alicyclic amines) is 1. The molecule has 2 aromatic rings. The Morgan fingerprint density at radius 3 is 2.11 bits per heavy atom. The summed E-state index contributed by atoms with van der Waals surface area (Å²) in [4.78, 5) is 14.6. The minimum atomic E-state index is -0.656. The first kappa shape index (κ1) is 19.4. The van der Waals surface area contributed by atoms with Gasteiger partial charge >= 0.3 is 0 Å². The topological polar surface area (TPSA) is 49.8 Å². The Morgan fingerprint density at radius 1 is 1.07 bits per heavy atom. The Balaban J connectivity index is 1.55. The van der Waals surface area contributed by atoms with Crippen molar-refractivity contribution in [2.24, 2.45) is 5.92 Å². The van der Waals surface area contributed by atoms with Crippen LogP contribution in [0.1, 0.15) is 43.5 Å². The molecule has 2 aromatic carbocycles. The van der Waals surface area contributed by atoms with E-state index in [-0.39, 0.29) is 11.7 Å². The second-order valence-electron chi connectivity index (χ2n) is 7.83. The second-order valence-corrected chi connectivity index (χ2v) is 7.83. The molecule has 0 radical (unpaired) electrons. The lowest BCUT2D eigenvalue weighted by Crippen LogP contribution is -2.40. The average molecular weight is 371 g/mol. The minimum Gasteiger partial charge on any atom is -0.457 e. The van der Waals surface area contributed by atoms with Crippen molar-refractivity contribution in [3.8, 4) is 11.5 Å². The van der Waals surface area contributed by atoms with E-state index >= 15 is 0 Å². The zero-order chi connectivity index (χ0) is 19.4. The van der Waals surface area contributed by atoms with Gasteiger partial charge in [0.15, 0.2) is 0 Å². The van der Waals surface area contributed by atoms with Crippen LogP contribution in [-0.4, -0.2) is 34.6 Å². The predicted molar refractivity (Wildman–Crippen MR) is 102 cm³/mol. The van der Waals surface area contributed by atoms with Crippen molar-refractivity contribution < 1.29 is 19.0 Å². The SMILES string of the molecule is CC(C)(O)CC1CCN(C(=O)c2ccc(Oc3ccc(F)cc3)cc2)CC1. The van der Waals surface area contributed by atoms with Crippen LogP contribution in [0.5, 0.6) is 11.5 Å². The molecule has 144 valence electrons. The number of hydrogen-bond donors (Lipinski definition) is 1. The number of amides is 1. The van der Waals surface area contributed by atoms with E-state index < -0.39 is 5.60 Å². The van der Waals surface area contributed by atoms with Crippen molar-refractivity contribution in [1.29, 1.82) is 0 Å². The van der Waals surface area contributed by atoms with Crippen LogP contribution >= 0.6 is 0 Å². The molecule has 1 fully saturated rings. The number of ether oxygens (including phenoxy) is 1. The number of carbonyl (C=O) groups excluding carboxylic acids is 1. The lowest BCUT2D eigenvalue weighted by molar-refractivity contribution is 0.0358. The third-order valence-corrected chi connectivity index (χ3v) is 4.84. The molecule has 0 bridgehead atoms. The maximum Gasteiger partial charge on any atom is 0.253 e. The first-order valence-electron chi connectivity index (χ1n) is 9.35. The molecule has 1 saturated heterocycles. The van der Waals surface area contributed by atoms with Crippen LogP contribution < -0.4 is 4.74 Å².